The van der Waals surface area contributed by atoms with Crippen molar-refractivity contribution in [2.75, 3.05) is 55.6 Å². The van der Waals surface area contributed by atoms with E-state index in [1.807, 2.05) is 17.2 Å². The van der Waals surface area contributed by atoms with Crippen molar-refractivity contribution in [3.05, 3.63) is 60.3 Å². The molecule has 1 unspecified atom stereocenters. The van der Waals surface area contributed by atoms with Gasteiger partial charge in [-0.3, -0.25) is 14.5 Å². The molecule has 1 atom stereocenters. The van der Waals surface area contributed by atoms with Crippen LogP contribution < -0.4 is 9.80 Å². The number of fused-ring (bicyclic) bond motifs is 2. The van der Waals surface area contributed by atoms with Crippen LogP contribution in [0, 0.1) is 0 Å². The van der Waals surface area contributed by atoms with Crippen LogP contribution in [0.15, 0.2) is 54.7 Å². The van der Waals surface area contributed by atoms with E-state index in [1.54, 1.807) is 4.90 Å². The number of likely N-dealkylation sites (tertiary alicyclic amines) is 1. The number of piperazine rings is 1. The highest BCUT2D eigenvalue weighted by molar-refractivity contribution is 5.98. The fraction of sp³-hybridized carbons (Fsp3) is 0.429. The molecule has 1 aromatic heterocycles. The summed E-state index contributed by atoms with van der Waals surface area (Å²) >= 11 is 0. The highest BCUT2D eigenvalue weighted by Crippen LogP contribution is 2.32. The zero-order chi connectivity index (χ0) is 23.8. The van der Waals surface area contributed by atoms with Gasteiger partial charge >= 0.3 is 0 Å². The van der Waals surface area contributed by atoms with Crippen molar-refractivity contribution in [2.24, 2.45) is 0 Å². The smallest absolute Gasteiger partial charge is 0.246 e. The SMILES string of the molecule is O=C1CCCN1CC(=O)N1c2ccccc2CCC1CN1CCN(c2cccc3[nH]ccc23)CC1. The molecule has 35 heavy (non-hydrogen) atoms. The van der Waals surface area contributed by atoms with E-state index >= 15 is 0 Å². The quantitative estimate of drug-likeness (QED) is 0.621. The molecule has 6 rings (SSSR count). The van der Waals surface area contributed by atoms with Crippen LogP contribution >= 0.6 is 0 Å². The molecule has 0 bridgehead atoms. The molecule has 3 aliphatic rings. The second kappa shape index (κ2) is 9.38. The summed E-state index contributed by atoms with van der Waals surface area (Å²) in [6.45, 7) is 5.67. The lowest BCUT2D eigenvalue weighted by Gasteiger charge is -2.43. The summed E-state index contributed by atoms with van der Waals surface area (Å²) < 4.78 is 0. The summed E-state index contributed by atoms with van der Waals surface area (Å²) in [6.07, 6.45) is 5.37. The molecule has 3 aromatic rings. The lowest BCUT2D eigenvalue weighted by Crippen LogP contribution is -2.55. The zero-order valence-corrected chi connectivity index (χ0v) is 20.2. The largest absolute Gasteiger partial charge is 0.368 e. The Morgan fingerprint density at radius 2 is 1.74 bits per heavy atom. The van der Waals surface area contributed by atoms with E-state index in [0.717, 1.165) is 57.7 Å². The minimum Gasteiger partial charge on any atom is -0.368 e. The number of nitrogens with zero attached hydrogens (tertiary/aromatic N) is 4. The zero-order valence-electron chi connectivity index (χ0n) is 20.2. The molecule has 3 aliphatic heterocycles. The lowest BCUT2D eigenvalue weighted by molar-refractivity contribution is -0.132. The van der Waals surface area contributed by atoms with Gasteiger partial charge < -0.3 is 19.7 Å². The molecular formula is C28H33N5O2. The van der Waals surface area contributed by atoms with Gasteiger partial charge in [-0.15, -0.1) is 0 Å². The number of H-pyrrole nitrogens is 1. The number of hydrogen-bond donors (Lipinski definition) is 1. The van der Waals surface area contributed by atoms with Crippen LogP contribution in [0.4, 0.5) is 11.4 Å². The Morgan fingerprint density at radius 3 is 2.57 bits per heavy atom. The van der Waals surface area contributed by atoms with Crippen LogP contribution in [0.1, 0.15) is 24.8 Å². The van der Waals surface area contributed by atoms with Crippen molar-refractivity contribution in [2.45, 2.75) is 31.7 Å². The third kappa shape index (κ3) is 4.29. The topological polar surface area (TPSA) is 62.9 Å². The van der Waals surface area contributed by atoms with Gasteiger partial charge in [-0.05, 0) is 49.1 Å². The van der Waals surface area contributed by atoms with Gasteiger partial charge in [-0.25, -0.2) is 0 Å². The van der Waals surface area contributed by atoms with E-state index in [2.05, 4.69) is 57.2 Å². The average molecular weight is 472 g/mol. The van der Waals surface area contributed by atoms with Gasteiger partial charge in [-0.2, -0.15) is 0 Å². The normalized spacial score (nSPS) is 21.1. The molecule has 7 nitrogen and oxygen atoms in total. The van der Waals surface area contributed by atoms with Gasteiger partial charge in [0, 0.05) is 80.2 Å². The number of amides is 2. The van der Waals surface area contributed by atoms with Gasteiger partial charge in [0.1, 0.15) is 6.54 Å². The second-order valence-electron chi connectivity index (χ2n) is 10.0. The standard InChI is InChI=1S/C28H33N5O2/c34-27-9-4-14-32(27)20-28(35)33-22(11-10-21-5-1-2-7-25(21)33)19-30-15-17-31(18-16-30)26-8-3-6-24-23(26)12-13-29-24/h1-3,5-8,12-13,22,29H,4,9-11,14-20H2. The van der Waals surface area contributed by atoms with Gasteiger partial charge in [0.2, 0.25) is 11.8 Å². The number of benzene rings is 2. The van der Waals surface area contributed by atoms with Gasteiger partial charge in [0.05, 0.1) is 0 Å². The predicted octanol–water partition coefficient (Wildman–Crippen LogP) is 3.26. The number of nitrogens with one attached hydrogen (secondary N) is 1. The van der Waals surface area contributed by atoms with E-state index in [0.29, 0.717) is 13.0 Å². The maximum Gasteiger partial charge on any atom is 0.246 e. The summed E-state index contributed by atoms with van der Waals surface area (Å²) in [5, 5.41) is 1.28. The van der Waals surface area contributed by atoms with E-state index in [4.69, 9.17) is 0 Å². The van der Waals surface area contributed by atoms with Crippen LogP contribution in [0.2, 0.25) is 0 Å². The molecular weight excluding hydrogens is 438 g/mol. The summed E-state index contributed by atoms with van der Waals surface area (Å²) in [6, 6.07) is 17.0. The summed E-state index contributed by atoms with van der Waals surface area (Å²) in [5.74, 6) is 0.156. The van der Waals surface area contributed by atoms with Gasteiger partial charge in [-0.1, -0.05) is 24.3 Å². The second-order valence-corrected chi connectivity index (χ2v) is 10.0. The number of carbonyl (C=O) groups is 2. The van der Waals surface area contributed by atoms with Crippen LogP contribution in [0.5, 0.6) is 0 Å². The average Bonchev–Trinajstić information content (AvgIpc) is 3.53. The fourth-order valence-electron chi connectivity index (χ4n) is 6.04. The fourth-order valence-corrected chi connectivity index (χ4v) is 6.04. The van der Waals surface area contributed by atoms with Crippen molar-refractivity contribution in [3.63, 3.8) is 0 Å². The van der Waals surface area contributed by atoms with E-state index < -0.39 is 0 Å². The molecule has 1 N–H and O–H groups in total. The predicted molar refractivity (Wildman–Crippen MR) is 139 cm³/mol. The van der Waals surface area contributed by atoms with E-state index in [9.17, 15) is 9.59 Å². The molecule has 2 fully saturated rings. The number of aromatic nitrogens is 1. The third-order valence-electron chi connectivity index (χ3n) is 7.88. The molecule has 2 saturated heterocycles. The van der Waals surface area contributed by atoms with Crippen LogP contribution in [-0.4, -0.2) is 78.5 Å². The number of aromatic amines is 1. The Balaban J connectivity index is 1.16. The minimum absolute atomic E-state index is 0.0511. The summed E-state index contributed by atoms with van der Waals surface area (Å²) in [4.78, 5) is 37.8. The number of hydrogen-bond acceptors (Lipinski definition) is 4. The Kier molecular flexibility index (Phi) is 5.94. The first kappa shape index (κ1) is 22.2. The maximum atomic E-state index is 13.6. The molecule has 0 radical (unpaired) electrons. The van der Waals surface area contributed by atoms with Crippen LogP contribution in [0.25, 0.3) is 10.9 Å². The highest BCUT2D eigenvalue weighted by atomic mass is 16.2. The molecule has 0 spiro atoms. The molecule has 2 amide bonds. The minimum atomic E-state index is 0.0511. The Hall–Kier alpha value is -3.32. The van der Waals surface area contributed by atoms with Crippen molar-refractivity contribution in [1.82, 2.24) is 14.8 Å². The first-order valence-corrected chi connectivity index (χ1v) is 12.9. The Morgan fingerprint density at radius 1 is 0.914 bits per heavy atom. The van der Waals surface area contributed by atoms with E-state index in [-0.39, 0.29) is 24.4 Å². The van der Waals surface area contributed by atoms with Crippen molar-refractivity contribution in [3.8, 4) is 0 Å². The molecule has 4 heterocycles. The van der Waals surface area contributed by atoms with E-state index in [1.165, 1.54) is 22.2 Å². The number of rotatable bonds is 5. The molecule has 2 aromatic carbocycles. The molecule has 7 heteroatoms. The highest BCUT2D eigenvalue weighted by Gasteiger charge is 2.34. The van der Waals surface area contributed by atoms with Crippen LogP contribution in [0.3, 0.4) is 0 Å². The molecule has 0 saturated carbocycles. The summed E-state index contributed by atoms with van der Waals surface area (Å²) in [7, 11) is 0. The van der Waals surface area contributed by atoms with Crippen molar-refractivity contribution >= 4 is 34.1 Å². The summed E-state index contributed by atoms with van der Waals surface area (Å²) in [5.41, 5.74) is 4.73. The van der Waals surface area contributed by atoms with Crippen molar-refractivity contribution in [1.29, 1.82) is 0 Å². The lowest BCUT2D eigenvalue weighted by atomic mass is 9.95. The number of anilines is 2. The Bertz CT molecular complexity index is 1230. The van der Waals surface area contributed by atoms with Crippen molar-refractivity contribution < 1.29 is 9.59 Å². The Labute approximate surface area is 206 Å². The third-order valence-corrected chi connectivity index (χ3v) is 7.88. The van der Waals surface area contributed by atoms with Gasteiger partial charge in [0.15, 0.2) is 0 Å². The monoisotopic (exact) mass is 471 g/mol. The maximum absolute atomic E-state index is 13.6. The first-order valence-electron chi connectivity index (χ1n) is 12.9. The van der Waals surface area contributed by atoms with Gasteiger partial charge in [0.25, 0.3) is 0 Å². The van der Waals surface area contributed by atoms with Crippen LogP contribution in [-0.2, 0) is 16.0 Å². The first-order chi connectivity index (χ1) is 17.2. The molecule has 0 aliphatic carbocycles. The number of carbonyl (C=O) groups excluding carboxylic acids is 2. The molecule has 182 valence electrons. The number of para-hydroxylation sites is 1. The number of aryl methyl sites for hydroxylation is 1.